The highest BCUT2D eigenvalue weighted by molar-refractivity contribution is 5.08. The van der Waals surface area contributed by atoms with Crippen molar-refractivity contribution in [2.24, 2.45) is 0 Å². The van der Waals surface area contributed by atoms with Gasteiger partial charge in [0.1, 0.15) is 0 Å². The maximum atomic E-state index is 4.01. The fraction of sp³-hybridized carbons (Fsp3) is 0.700. The number of nitrogens with zero attached hydrogens (tertiary/aromatic N) is 1. The second kappa shape index (κ2) is 3.40. The van der Waals surface area contributed by atoms with E-state index in [2.05, 4.69) is 32.3 Å². The van der Waals surface area contributed by atoms with Crippen LogP contribution in [-0.4, -0.2) is 24.0 Å². The third-order valence-electron chi connectivity index (χ3n) is 2.15. The monoisotopic (exact) mass is 152 g/mol. The van der Waals surface area contributed by atoms with E-state index < -0.39 is 0 Å². The van der Waals surface area contributed by atoms with E-state index in [1.807, 2.05) is 0 Å². The molecule has 1 fully saturated rings. The van der Waals surface area contributed by atoms with Crippen molar-refractivity contribution in [2.45, 2.75) is 33.2 Å². The Morgan fingerprint density at radius 1 is 1.64 bits per heavy atom. The lowest BCUT2D eigenvalue weighted by Gasteiger charge is -2.21. The van der Waals surface area contributed by atoms with Crippen LogP contribution in [0.25, 0.3) is 0 Å². The lowest BCUT2D eigenvalue weighted by Crippen LogP contribution is -2.29. The van der Waals surface area contributed by atoms with E-state index in [1.165, 1.54) is 17.9 Å². The highest BCUT2D eigenvalue weighted by Crippen LogP contribution is 2.21. The first kappa shape index (κ1) is 8.79. The Morgan fingerprint density at radius 2 is 2.27 bits per heavy atom. The Kier molecular flexibility index (Phi) is 2.72. The van der Waals surface area contributed by atoms with Crippen LogP contribution in [0.2, 0.25) is 0 Å². The summed E-state index contributed by atoms with van der Waals surface area (Å²) in [5.41, 5.74) is 1.39. The van der Waals surface area contributed by atoms with Crippen LogP contribution in [0.3, 0.4) is 0 Å². The molecule has 1 atom stereocenters. The van der Waals surface area contributed by atoms with E-state index in [9.17, 15) is 0 Å². The largest absolute Gasteiger partial charge is 0.296 e. The first-order valence-electron chi connectivity index (χ1n) is 4.29. The summed E-state index contributed by atoms with van der Waals surface area (Å²) >= 11 is 0. The first-order valence-corrected chi connectivity index (χ1v) is 4.29. The van der Waals surface area contributed by atoms with Crippen LogP contribution in [0, 0.1) is 5.92 Å². The Labute approximate surface area is 70.1 Å². The number of likely N-dealkylation sites (tertiary alicyclic amines) is 1. The van der Waals surface area contributed by atoms with Gasteiger partial charge in [0, 0.05) is 19.1 Å². The van der Waals surface area contributed by atoms with Crippen LogP contribution in [-0.2, 0) is 0 Å². The van der Waals surface area contributed by atoms with E-state index in [0.29, 0.717) is 6.04 Å². The van der Waals surface area contributed by atoms with Gasteiger partial charge in [0.2, 0.25) is 0 Å². The molecule has 0 aromatic heterocycles. The van der Waals surface area contributed by atoms with Crippen molar-refractivity contribution in [3.05, 3.63) is 18.1 Å². The summed E-state index contributed by atoms with van der Waals surface area (Å²) in [7, 11) is 0. The van der Waals surface area contributed by atoms with Crippen LogP contribution in [0.15, 0.2) is 12.2 Å². The molecular formula is C10H18N. The Balaban J connectivity index is 2.40. The fourth-order valence-electron chi connectivity index (χ4n) is 1.67. The van der Waals surface area contributed by atoms with Crippen molar-refractivity contribution in [1.82, 2.24) is 4.90 Å². The molecule has 1 saturated heterocycles. The van der Waals surface area contributed by atoms with Crippen molar-refractivity contribution < 1.29 is 0 Å². The molecule has 0 aromatic rings. The molecule has 0 bridgehead atoms. The van der Waals surface area contributed by atoms with Gasteiger partial charge in [0.15, 0.2) is 0 Å². The molecule has 0 aromatic carbocycles. The van der Waals surface area contributed by atoms with Gasteiger partial charge >= 0.3 is 0 Å². The minimum Gasteiger partial charge on any atom is -0.296 e. The van der Waals surface area contributed by atoms with Crippen molar-refractivity contribution in [2.75, 3.05) is 13.1 Å². The minimum absolute atomic E-state index is 0.706. The molecule has 1 radical (unpaired) electrons. The first-order chi connectivity index (χ1) is 5.09. The molecule has 11 heavy (non-hydrogen) atoms. The molecule has 1 aliphatic heterocycles. The Bertz CT molecular complexity index is 149. The van der Waals surface area contributed by atoms with E-state index in [4.69, 9.17) is 0 Å². The van der Waals surface area contributed by atoms with E-state index in [1.54, 1.807) is 0 Å². The van der Waals surface area contributed by atoms with Crippen LogP contribution >= 0.6 is 0 Å². The normalized spacial score (nSPS) is 26.9. The quantitative estimate of drug-likeness (QED) is 0.549. The highest BCUT2D eigenvalue weighted by atomic mass is 15.2. The Hall–Kier alpha value is -0.300. The molecule has 1 heterocycles. The summed E-state index contributed by atoms with van der Waals surface area (Å²) in [5.74, 6) is 1.49. The van der Waals surface area contributed by atoms with Crippen LogP contribution in [0.4, 0.5) is 0 Å². The van der Waals surface area contributed by atoms with Gasteiger partial charge in [-0.25, -0.2) is 0 Å². The fourth-order valence-corrected chi connectivity index (χ4v) is 1.67. The van der Waals surface area contributed by atoms with E-state index >= 15 is 0 Å². The molecule has 0 amide bonds. The standard InChI is InChI=1S/C10H18N/c1-8(2)6-11-7-9(3)5-10(11)4/h10H,3,5-7H2,1-2,4H3. The molecule has 0 N–H and O–H groups in total. The Morgan fingerprint density at radius 3 is 2.64 bits per heavy atom. The maximum Gasteiger partial charge on any atom is 0.0193 e. The molecule has 1 rings (SSSR count). The number of hydrogen-bond donors (Lipinski definition) is 0. The second-order valence-electron chi connectivity index (χ2n) is 3.92. The third-order valence-corrected chi connectivity index (χ3v) is 2.15. The summed E-state index contributed by atoms with van der Waals surface area (Å²) in [6.07, 6.45) is 1.19. The number of rotatable bonds is 2. The van der Waals surface area contributed by atoms with Crippen molar-refractivity contribution in [3.8, 4) is 0 Å². The van der Waals surface area contributed by atoms with Crippen molar-refractivity contribution >= 4 is 0 Å². The predicted molar refractivity (Wildman–Crippen MR) is 49.4 cm³/mol. The topological polar surface area (TPSA) is 3.24 Å². The summed E-state index contributed by atoms with van der Waals surface area (Å²) in [5, 5.41) is 0. The van der Waals surface area contributed by atoms with Gasteiger partial charge in [-0.2, -0.15) is 0 Å². The molecular weight excluding hydrogens is 134 g/mol. The van der Waals surface area contributed by atoms with Crippen molar-refractivity contribution in [3.63, 3.8) is 0 Å². The molecule has 1 nitrogen and oxygen atoms in total. The van der Waals surface area contributed by atoms with Gasteiger partial charge in [0.05, 0.1) is 0 Å². The predicted octanol–water partition coefficient (Wildman–Crippen LogP) is 2.25. The maximum absolute atomic E-state index is 4.01. The highest BCUT2D eigenvalue weighted by Gasteiger charge is 2.22. The zero-order valence-corrected chi connectivity index (χ0v) is 7.85. The SMILES string of the molecule is C=C1CC(C)N(C[C](C)C)C1. The van der Waals surface area contributed by atoms with Gasteiger partial charge in [0.25, 0.3) is 0 Å². The summed E-state index contributed by atoms with van der Waals surface area (Å²) < 4.78 is 0. The second-order valence-corrected chi connectivity index (χ2v) is 3.92. The van der Waals surface area contributed by atoms with Gasteiger partial charge in [-0.15, -0.1) is 0 Å². The molecule has 1 unspecified atom stereocenters. The average Bonchev–Trinajstić information content (AvgIpc) is 2.09. The molecule has 0 spiro atoms. The van der Waals surface area contributed by atoms with E-state index in [-0.39, 0.29) is 0 Å². The van der Waals surface area contributed by atoms with Gasteiger partial charge in [-0.05, 0) is 19.3 Å². The molecule has 0 saturated carbocycles. The van der Waals surface area contributed by atoms with Gasteiger partial charge in [-0.3, -0.25) is 4.90 Å². The van der Waals surface area contributed by atoms with Gasteiger partial charge in [-0.1, -0.05) is 26.0 Å². The molecule has 1 aliphatic rings. The van der Waals surface area contributed by atoms with Gasteiger partial charge < -0.3 is 0 Å². The minimum atomic E-state index is 0.706. The zero-order valence-electron chi connectivity index (χ0n) is 7.85. The average molecular weight is 152 g/mol. The van der Waals surface area contributed by atoms with Crippen LogP contribution < -0.4 is 0 Å². The lowest BCUT2D eigenvalue weighted by atomic mass is 10.2. The third kappa shape index (κ3) is 2.33. The van der Waals surface area contributed by atoms with E-state index in [0.717, 1.165) is 13.1 Å². The van der Waals surface area contributed by atoms with Crippen molar-refractivity contribution in [1.29, 1.82) is 0 Å². The molecule has 0 aliphatic carbocycles. The number of hydrogen-bond acceptors (Lipinski definition) is 1. The molecule has 1 heteroatoms. The smallest absolute Gasteiger partial charge is 0.0193 e. The molecule has 63 valence electrons. The summed E-state index contributed by atoms with van der Waals surface area (Å²) in [4.78, 5) is 2.48. The summed E-state index contributed by atoms with van der Waals surface area (Å²) in [6, 6.07) is 0.706. The lowest BCUT2D eigenvalue weighted by molar-refractivity contribution is 0.281. The zero-order chi connectivity index (χ0) is 8.43. The van der Waals surface area contributed by atoms with Crippen LogP contribution in [0.5, 0.6) is 0 Å². The van der Waals surface area contributed by atoms with Crippen LogP contribution in [0.1, 0.15) is 27.2 Å². The summed E-state index contributed by atoms with van der Waals surface area (Å²) in [6.45, 7) is 12.9.